The van der Waals surface area contributed by atoms with Gasteiger partial charge in [-0.15, -0.1) is 0 Å². The molecule has 82 valence electrons. The number of hydrogen-bond donors (Lipinski definition) is 1. The Morgan fingerprint density at radius 3 is 2.80 bits per heavy atom. The van der Waals surface area contributed by atoms with Crippen LogP contribution in [0.15, 0.2) is 24.4 Å². The van der Waals surface area contributed by atoms with Gasteiger partial charge >= 0.3 is 0 Å². The summed E-state index contributed by atoms with van der Waals surface area (Å²) in [4.78, 5) is 6.85. The van der Waals surface area contributed by atoms with Crippen LogP contribution in [0.4, 0.5) is 5.82 Å². The number of aromatic nitrogens is 1. The standard InChI is InChI=1S/C12H19N3/c1-2-15(11-6-9-13-10-7-11)12-5-3-4-8-14-12/h3-5,8,11,13H,2,6-7,9-10H2,1H3. The van der Waals surface area contributed by atoms with Gasteiger partial charge in [-0.2, -0.15) is 0 Å². The fraction of sp³-hybridized carbons (Fsp3) is 0.583. The topological polar surface area (TPSA) is 28.2 Å². The molecule has 1 aliphatic rings. The maximum atomic E-state index is 4.43. The zero-order chi connectivity index (χ0) is 10.5. The van der Waals surface area contributed by atoms with E-state index >= 15 is 0 Å². The van der Waals surface area contributed by atoms with Crippen molar-refractivity contribution in [1.29, 1.82) is 0 Å². The van der Waals surface area contributed by atoms with Crippen LogP contribution in [-0.4, -0.2) is 30.7 Å². The lowest BCUT2D eigenvalue weighted by atomic mass is 10.0. The van der Waals surface area contributed by atoms with Crippen molar-refractivity contribution in [2.45, 2.75) is 25.8 Å². The summed E-state index contributed by atoms with van der Waals surface area (Å²) in [7, 11) is 0. The van der Waals surface area contributed by atoms with Crippen LogP contribution in [0, 0.1) is 0 Å². The Morgan fingerprint density at radius 1 is 1.40 bits per heavy atom. The average Bonchev–Trinajstić information content (AvgIpc) is 2.33. The molecule has 1 aromatic rings. The fourth-order valence-electron chi connectivity index (χ4n) is 2.25. The molecule has 0 spiro atoms. The third kappa shape index (κ3) is 2.48. The molecule has 1 N–H and O–H groups in total. The highest BCUT2D eigenvalue weighted by atomic mass is 15.2. The predicted octanol–water partition coefficient (Wildman–Crippen LogP) is 1.66. The SMILES string of the molecule is CCN(c1ccccn1)C1CCNCC1. The van der Waals surface area contributed by atoms with Crippen LogP contribution in [0.5, 0.6) is 0 Å². The first-order chi connectivity index (χ1) is 7.42. The van der Waals surface area contributed by atoms with E-state index in [4.69, 9.17) is 0 Å². The van der Waals surface area contributed by atoms with Gasteiger partial charge in [0.1, 0.15) is 5.82 Å². The minimum atomic E-state index is 0.658. The fourth-order valence-corrected chi connectivity index (χ4v) is 2.25. The monoisotopic (exact) mass is 205 g/mol. The molecule has 0 aromatic carbocycles. The van der Waals surface area contributed by atoms with Crippen molar-refractivity contribution in [3.8, 4) is 0 Å². The van der Waals surface area contributed by atoms with Crippen molar-refractivity contribution in [2.75, 3.05) is 24.5 Å². The van der Waals surface area contributed by atoms with Crippen molar-refractivity contribution in [2.24, 2.45) is 0 Å². The van der Waals surface area contributed by atoms with Crippen molar-refractivity contribution in [3.05, 3.63) is 24.4 Å². The van der Waals surface area contributed by atoms with Gasteiger partial charge in [-0.1, -0.05) is 6.07 Å². The molecule has 3 heteroatoms. The van der Waals surface area contributed by atoms with Crippen LogP contribution in [0.2, 0.25) is 0 Å². The molecule has 2 heterocycles. The summed E-state index contributed by atoms with van der Waals surface area (Å²) < 4.78 is 0. The van der Waals surface area contributed by atoms with Crippen LogP contribution >= 0.6 is 0 Å². The quantitative estimate of drug-likeness (QED) is 0.813. The van der Waals surface area contributed by atoms with E-state index in [0.29, 0.717) is 6.04 Å². The van der Waals surface area contributed by atoms with Crippen molar-refractivity contribution >= 4 is 5.82 Å². The van der Waals surface area contributed by atoms with E-state index in [0.717, 1.165) is 25.5 Å². The summed E-state index contributed by atoms with van der Waals surface area (Å²) in [6.07, 6.45) is 4.33. The van der Waals surface area contributed by atoms with E-state index in [2.05, 4.69) is 34.3 Å². The lowest BCUT2D eigenvalue weighted by molar-refractivity contribution is 0.431. The molecule has 0 radical (unpaired) electrons. The molecule has 15 heavy (non-hydrogen) atoms. The largest absolute Gasteiger partial charge is 0.354 e. The van der Waals surface area contributed by atoms with Gasteiger partial charge in [0, 0.05) is 18.8 Å². The van der Waals surface area contributed by atoms with E-state index in [1.165, 1.54) is 12.8 Å². The van der Waals surface area contributed by atoms with Crippen LogP contribution in [0.3, 0.4) is 0 Å². The second kappa shape index (κ2) is 5.12. The predicted molar refractivity (Wildman–Crippen MR) is 63.1 cm³/mol. The van der Waals surface area contributed by atoms with Crippen LogP contribution in [0.25, 0.3) is 0 Å². The van der Waals surface area contributed by atoms with Gasteiger partial charge in [0.15, 0.2) is 0 Å². The van der Waals surface area contributed by atoms with Gasteiger partial charge < -0.3 is 10.2 Å². The van der Waals surface area contributed by atoms with Gasteiger partial charge in [0.2, 0.25) is 0 Å². The third-order valence-electron chi connectivity index (χ3n) is 3.03. The minimum absolute atomic E-state index is 0.658. The highest BCUT2D eigenvalue weighted by molar-refractivity contribution is 5.39. The van der Waals surface area contributed by atoms with E-state index in [1.807, 2.05) is 12.3 Å². The molecule has 2 rings (SSSR count). The number of nitrogens with one attached hydrogen (secondary N) is 1. The second-order valence-corrected chi connectivity index (χ2v) is 3.96. The van der Waals surface area contributed by atoms with Gasteiger partial charge in [-0.3, -0.25) is 0 Å². The molecule has 0 saturated carbocycles. The molecule has 1 saturated heterocycles. The molecule has 0 atom stereocenters. The van der Waals surface area contributed by atoms with Crippen molar-refractivity contribution in [1.82, 2.24) is 10.3 Å². The first-order valence-corrected chi connectivity index (χ1v) is 5.80. The smallest absolute Gasteiger partial charge is 0.128 e. The van der Waals surface area contributed by atoms with Crippen molar-refractivity contribution in [3.63, 3.8) is 0 Å². The molecule has 0 amide bonds. The van der Waals surface area contributed by atoms with E-state index in [1.54, 1.807) is 0 Å². The lowest BCUT2D eigenvalue weighted by Crippen LogP contribution is -2.43. The molecule has 1 fully saturated rings. The Balaban J connectivity index is 2.09. The number of hydrogen-bond acceptors (Lipinski definition) is 3. The molecule has 0 unspecified atom stereocenters. The maximum Gasteiger partial charge on any atom is 0.128 e. The third-order valence-corrected chi connectivity index (χ3v) is 3.03. The Kier molecular flexibility index (Phi) is 3.56. The number of piperidine rings is 1. The molecule has 0 aliphatic carbocycles. The van der Waals surface area contributed by atoms with Crippen LogP contribution in [0.1, 0.15) is 19.8 Å². The number of nitrogens with zero attached hydrogens (tertiary/aromatic N) is 2. The summed E-state index contributed by atoms with van der Waals surface area (Å²) in [5, 5.41) is 3.40. The lowest BCUT2D eigenvalue weighted by Gasteiger charge is -2.34. The molecule has 1 aromatic heterocycles. The number of pyridine rings is 1. The maximum absolute atomic E-state index is 4.43. The van der Waals surface area contributed by atoms with Crippen LogP contribution < -0.4 is 10.2 Å². The number of anilines is 1. The minimum Gasteiger partial charge on any atom is -0.354 e. The first kappa shape index (κ1) is 10.4. The molecule has 1 aliphatic heterocycles. The Labute approximate surface area is 91.5 Å². The highest BCUT2D eigenvalue weighted by Gasteiger charge is 2.20. The molecular formula is C12H19N3. The Morgan fingerprint density at radius 2 is 2.20 bits per heavy atom. The summed E-state index contributed by atoms with van der Waals surface area (Å²) in [6.45, 7) is 5.51. The van der Waals surface area contributed by atoms with Gasteiger partial charge in [0.25, 0.3) is 0 Å². The summed E-state index contributed by atoms with van der Waals surface area (Å²) >= 11 is 0. The average molecular weight is 205 g/mol. The molecule has 3 nitrogen and oxygen atoms in total. The normalized spacial score (nSPS) is 17.7. The first-order valence-electron chi connectivity index (χ1n) is 5.80. The van der Waals surface area contributed by atoms with Gasteiger partial charge in [-0.05, 0) is 45.0 Å². The van der Waals surface area contributed by atoms with Gasteiger partial charge in [0.05, 0.1) is 0 Å². The second-order valence-electron chi connectivity index (χ2n) is 3.96. The Bertz CT molecular complexity index is 280. The van der Waals surface area contributed by atoms with E-state index in [-0.39, 0.29) is 0 Å². The zero-order valence-electron chi connectivity index (χ0n) is 9.32. The molecule has 0 bridgehead atoms. The zero-order valence-corrected chi connectivity index (χ0v) is 9.32. The highest BCUT2D eigenvalue weighted by Crippen LogP contribution is 2.18. The van der Waals surface area contributed by atoms with Gasteiger partial charge in [-0.25, -0.2) is 4.98 Å². The summed E-state index contributed by atoms with van der Waals surface area (Å²) in [6, 6.07) is 6.79. The van der Waals surface area contributed by atoms with Crippen molar-refractivity contribution < 1.29 is 0 Å². The van der Waals surface area contributed by atoms with Crippen LogP contribution in [-0.2, 0) is 0 Å². The van der Waals surface area contributed by atoms with E-state index in [9.17, 15) is 0 Å². The summed E-state index contributed by atoms with van der Waals surface area (Å²) in [5.41, 5.74) is 0. The molecular weight excluding hydrogens is 186 g/mol. The summed E-state index contributed by atoms with van der Waals surface area (Å²) in [5.74, 6) is 1.12. The van der Waals surface area contributed by atoms with E-state index < -0.39 is 0 Å². The Hall–Kier alpha value is -1.09. The number of rotatable bonds is 3.